The molecular formula is C5H14N3S+. The van der Waals surface area contributed by atoms with Gasteiger partial charge in [-0.15, -0.1) is 0 Å². The number of hydrogen-bond acceptors (Lipinski definition) is 2. The van der Waals surface area contributed by atoms with Gasteiger partial charge in [0.05, 0.1) is 6.54 Å². The maximum absolute atomic E-state index is 5.17. The van der Waals surface area contributed by atoms with Crippen LogP contribution in [0.1, 0.15) is 13.8 Å². The zero-order valence-corrected chi connectivity index (χ0v) is 6.72. The Morgan fingerprint density at radius 1 is 1.67 bits per heavy atom. The van der Waals surface area contributed by atoms with Gasteiger partial charge in [0.25, 0.3) is 0 Å². The van der Waals surface area contributed by atoms with Gasteiger partial charge in [0, 0.05) is 5.75 Å². The minimum absolute atomic E-state index is 0.909. The van der Waals surface area contributed by atoms with E-state index in [-0.39, 0.29) is 0 Å². The van der Waals surface area contributed by atoms with Crippen molar-refractivity contribution in [3.05, 3.63) is 0 Å². The molecule has 54 valence electrons. The maximum atomic E-state index is 5.17. The smallest absolute Gasteiger partial charge is 0.268 e. The quantitative estimate of drug-likeness (QED) is 0.197. The Labute approximate surface area is 60.1 Å². The Balaban J connectivity index is 3.53. The highest BCUT2D eigenvalue weighted by Crippen LogP contribution is 1.92. The van der Waals surface area contributed by atoms with Crippen LogP contribution in [0.15, 0.2) is 0 Å². The summed E-state index contributed by atoms with van der Waals surface area (Å²) in [6, 6.07) is 0. The highest BCUT2D eigenvalue weighted by molar-refractivity contribution is 8.13. The summed E-state index contributed by atoms with van der Waals surface area (Å²) in [5.74, 6) is 6.21. The number of nitrogens with two attached hydrogens (primary N) is 1. The van der Waals surface area contributed by atoms with Crippen molar-refractivity contribution in [2.24, 2.45) is 5.84 Å². The Morgan fingerprint density at radius 2 is 2.33 bits per heavy atom. The lowest BCUT2D eigenvalue weighted by Crippen LogP contribution is -2.75. The van der Waals surface area contributed by atoms with Crippen LogP contribution in [0.2, 0.25) is 0 Å². The molecule has 0 saturated heterocycles. The normalized spacial score (nSPS) is 11.7. The van der Waals surface area contributed by atoms with Crippen molar-refractivity contribution in [2.45, 2.75) is 13.8 Å². The number of thioether (sulfide) groups is 1. The second-order valence-electron chi connectivity index (χ2n) is 1.44. The van der Waals surface area contributed by atoms with Crippen LogP contribution >= 0.6 is 11.8 Å². The fourth-order valence-corrected chi connectivity index (χ4v) is 1.07. The Bertz CT molecular complexity index is 92.2. The highest BCUT2D eigenvalue weighted by Gasteiger charge is 1.98. The summed E-state index contributed by atoms with van der Waals surface area (Å²) < 4.78 is 0. The van der Waals surface area contributed by atoms with Gasteiger partial charge in [-0.2, -0.15) is 11.3 Å². The molecule has 0 rings (SSSR count). The Kier molecular flexibility index (Phi) is 5.76. The van der Waals surface area contributed by atoms with Crippen LogP contribution in [0.25, 0.3) is 0 Å². The van der Waals surface area contributed by atoms with E-state index in [9.17, 15) is 0 Å². The molecule has 0 amide bonds. The summed E-state index contributed by atoms with van der Waals surface area (Å²) in [7, 11) is 0. The van der Waals surface area contributed by atoms with Gasteiger partial charge in [-0.25, -0.2) is 0 Å². The summed E-state index contributed by atoms with van der Waals surface area (Å²) in [5, 5.41) is 0.944. The van der Waals surface area contributed by atoms with Gasteiger partial charge in [-0.3, -0.25) is 4.99 Å². The van der Waals surface area contributed by atoms with E-state index in [1.54, 1.807) is 11.8 Å². The second-order valence-corrected chi connectivity index (χ2v) is 2.71. The lowest BCUT2D eigenvalue weighted by Gasteiger charge is -1.92. The molecule has 0 aliphatic heterocycles. The fraction of sp³-hybridized carbons (Fsp3) is 0.800. The molecule has 0 aromatic carbocycles. The molecule has 4 N–H and O–H groups in total. The Morgan fingerprint density at radius 3 is 2.67 bits per heavy atom. The van der Waals surface area contributed by atoms with Gasteiger partial charge in [0.2, 0.25) is 0 Å². The molecule has 0 heterocycles. The molecule has 0 saturated carbocycles. The fourth-order valence-electron chi connectivity index (χ4n) is 0.449. The summed E-state index contributed by atoms with van der Waals surface area (Å²) in [5.41, 5.74) is 2.57. The lowest BCUT2D eigenvalue weighted by atomic mass is 10.8. The molecule has 9 heavy (non-hydrogen) atoms. The molecular weight excluding hydrogens is 134 g/mol. The van der Waals surface area contributed by atoms with E-state index >= 15 is 0 Å². The first-order chi connectivity index (χ1) is 4.35. The zero-order valence-electron chi connectivity index (χ0n) is 5.90. The zero-order chi connectivity index (χ0) is 7.11. The molecule has 0 atom stereocenters. The standard InChI is InChI=1S/C5H13N3S/c1-3-7-5(8-6)9-4-2/h3-4,6H2,1-2H3,(H,7,8)/p+1. The van der Waals surface area contributed by atoms with E-state index in [4.69, 9.17) is 5.84 Å². The van der Waals surface area contributed by atoms with E-state index in [1.165, 1.54) is 0 Å². The van der Waals surface area contributed by atoms with Crippen molar-refractivity contribution < 1.29 is 4.99 Å². The molecule has 0 aromatic rings. The Hall–Kier alpha value is -0.220. The predicted octanol–water partition coefficient (Wildman–Crippen LogP) is -1.34. The van der Waals surface area contributed by atoms with Gasteiger partial charge in [0.15, 0.2) is 0 Å². The van der Waals surface area contributed by atoms with E-state index in [0.29, 0.717) is 0 Å². The number of amidine groups is 1. The van der Waals surface area contributed by atoms with Crippen molar-refractivity contribution in [1.82, 2.24) is 5.43 Å². The third kappa shape index (κ3) is 4.29. The molecule has 4 heteroatoms. The molecule has 0 bridgehead atoms. The topological polar surface area (TPSA) is 52.0 Å². The number of nitrogens with one attached hydrogen (secondary N) is 2. The van der Waals surface area contributed by atoms with E-state index < -0.39 is 0 Å². The van der Waals surface area contributed by atoms with Crippen LogP contribution in [0, 0.1) is 0 Å². The summed E-state index contributed by atoms with van der Waals surface area (Å²) in [6.07, 6.45) is 0. The van der Waals surface area contributed by atoms with Crippen LogP contribution in [-0.2, 0) is 0 Å². The van der Waals surface area contributed by atoms with Gasteiger partial charge in [-0.05, 0) is 18.7 Å². The van der Waals surface area contributed by atoms with E-state index in [0.717, 1.165) is 17.5 Å². The van der Waals surface area contributed by atoms with Crippen LogP contribution in [0.3, 0.4) is 0 Å². The molecule has 0 spiro atoms. The lowest BCUT2D eigenvalue weighted by molar-refractivity contribution is -0.451. The van der Waals surface area contributed by atoms with Gasteiger partial charge < -0.3 is 0 Å². The van der Waals surface area contributed by atoms with Crippen LogP contribution < -0.4 is 16.3 Å². The van der Waals surface area contributed by atoms with E-state index in [1.807, 2.05) is 6.92 Å². The van der Waals surface area contributed by atoms with Gasteiger partial charge in [-0.1, -0.05) is 6.92 Å². The average molecular weight is 148 g/mol. The first-order valence-corrected chi connectivity index (χ1v) is 4.03. The second kappa shape index (κ2) is 5.91. The van der Waals surface area contributed by atoms with Crippen LogP contribution in [-0.4, -0.2) is 17.5 Å². The van der Waals surface area contributed by atoms with Crippen molar-refractivity contribution in [3.8, 4) is 0 Å². The van der Waals surface area contributed by atoms with Crippen molar-refractivity contribution >= 4 is 16.9 Å². The first kappa shape index (κ1) is 8.78. The SMILES string of the molecule is CC[NH+]=C(NN)SCC. The van der Waals surface area contributed by atoms with Crippen molar-refractivity contribution in [3.63, 3.8) is 0 Å². The highest BCUT2D eigenvalue weighted by atomic mass is 32.2. The van der Waals surface area contributed by atoms with Crippen molar-refractivity contribution in [2.75, 3.05) is 12.3 Å². The third-order valence-electron chi connectivity index (χ3n) is 0.757. The van der Waals surface area contributed by atoms with Crippen molar-refractivity contribution in [1.29, 1.82) is 0 Å². The number of hydrazine groups is 1. The molecule has 0 unspecified atom stereocenters. The molecule has 0 aliphatic carbocycles. The number of rotatable bonds is 2. The van der Waals surface area contributed by atoms with E-state index in [2.05, 4.69) is 17.3 Å². The van der Waals surface area contributed by atoms with Gasteiger partial charge in [0.1, 0.15) is 0 Å². The molecule has 0 radical (unpaired) electrons. The summed E-state index contributed by atoms with van der Waals surface area (Å²) in [4.78, 5) is 3.08. The maximum Gasteiger partial charge on any atom is 0.322 e. The first-order valence-electron chi connectivity index (χ1n) is 3.05. The average Bonchev–Trinajstić information content (AvgIpc) is 1.88. The monoisotopic (exact) mass is 148 g/mol. The minimum Gasteiger partial charge on any atom is -0.268 e. The summed E-state index contributed by atoms with van der Waals surface area (Å²) >= 11 is 1.67. The molecule has 3 nitrogen and oxygen atoms in total. The van der Waals surface area contributed by atoms with Crippen LogP contribution in [0.5, 0.6) is 0 Å². The molecule has 0 aromatic heterocycles. The van der Waals surface area contributed by atoms with Crippen LogP contribution in [0.4, 0.5) is 0 Å². The summed E-state index contributed by atoms with van der Waals surface area (Å²) in [6.45, 7) is 5.03. The minimum atomic E-state index is 0.909. The third-order valence-corrected chi connectivity index (χ3v) is 1.60. The molecule has 0 aliphatic rings. The number of hydrogen-bond donors (Lipinski definition) is 3. The predicted molar refractivity (Wildman–Crippen MR) is 42.0 cm³/mol. The molecule has 0 fully saturated rings. The largest absolute Gasteiger partial charge is 0.322 e. The van der Waals surface area contributed by atoms with Gasteiger partial charge >= 0.3 is 5.17 Å².